The molecule has 116 valence electrons. The molecule has 0 aliphatic heterocycles. The Morgan fingerprint density at radius 1 is 0.579 bits per heavy atom. The van der Waals surface area contributed by atoms with Crippen molar-refractivity contribution in [1.82, 2.24) is 0 Å². The lowest BCUT2D eigenvalue weighted by Crippen LogP contribution is -2.03. The number of aliphatic hydroxyl groups is 1. The van der Waals surface area contributed by atoms with Crippen LogP contribution in [0.25, 0.3) is 0 Å². The highest BCUT2D eigenvalue weighted by Crippen LogP contribution is 2.21. The van der Waals surface area contributed by atoms with Gasteiger partial charge in [-0.25, -0.2) is 0 Å². The van der Waals surface area contributed by atoms with Crippen LogP contribution in [0.3, 0.4) is 0 Å². The predicted octanol–water partition coefficient (Wildman–Crippen LogP) is 5.81. The van der Waals surface area contributed by atoms with E-state index in [1.165, 1.54) is 51.4 Å². The topological polar surface area (TPSA) is 20.2 Å². The van der Waals surface area contributed by atoms with Gasteiger partial charge in [-0.2, -0.15) is 0 Å². The Hall–Kier alpha value is -0.0400. The molecule has 1 N–H and O–H groups in total. The summed E-state index contributed by atoms with van der Waals surface area (Å²) in [6.07, 6.45) is 11.7. The highest BCUT2D eigenvalue weighted by molar-refractivity contribution is 4.60. The maximum Gasteiger partial charge on any atom is 0.0512 e. The summed E-state index contributed by atoms with van der Waals surface area (Å²) in [7, 11) is 0. The van der Waals surface area contributed by atoms with Gasteiger partial charge in [0.15, 0.2) is 0 Å². The number of hydrogen-bond acceptors (Lipinski definition) is 1. The van der Waals surface area contributed by atoms with Crippen molar-refractivity contribution in [3.63, 3.8) is 0 Å². The fourth-order valence-electron chi connectivity index (χ4n) is 2.74. The van der Waals surface area contributed by atoms with Gasteiger partial charge in [-0.05, 0) is 31.1 Å². The van der Waals surface area contributed by atoms with Crippen molar-refractivity contribution in [2.24, 2.45) is 17.8 Å². The van der Waals surface area contributed by atoms with E-state index in [1.807, 2.05) is 6.92 Å². The lowest BCUT2D eigenvalue weighted by Gasteiger charge is -2.15. The molecule has 19 heavy (non-hydrogen) atoms. The summed E-state index contributed by atoms with van der Waals surface area (Å²) >= 11 is 0. The minimum absolute atomic E-state index is 0.117. The first-order valence-corrected chi connectivity index (χ1v) is 8.59. The van der Waals surface area contributed by atoms with Crippen LogP contribution in [0.5, 0.6) is 0 Å². The highest BCUT2D eigenvalue weighted by Gasteiger charge is 2.07. The normalized spacial score (nSPS) is 16.6. The summed E-state index contributed by atoms with van der Waals surface area (Å²) in [6.45, 7) is 11.3. The molecule has 0 bridgehead atoms. The second-order valence-corrected chi connectivity index (χ2v) is 7.25. The van der Waals surface area contributed by atoms with Gasteiger partial charge in [0, 0.05) is 0 Å². The molecule has 0 saturated carbocycles. The molecule has 1 nitrogen and oxygen atoms in total. The summed E-state index contributed by atoms with van der Waals surface area (Å²) in [5, 5.41) is 9.24. The van der Waals surface area contributed by atoms with E-state index in [-0.39, 0.29) is 6.10 Å². The van der Waals surface area contributed by atoms with E-state index in [9.17, 15) is 5.11 Å². The van der Waals surface area contributed by atoms with Gasteiger partial charge in [0.2, 0.25) is 0 Å². The van der Waals surface area contributed by atoms with Crippen molar-refractivity contribution in [2.75, 3.05) is 0 Å². The Bertz CT molecular complexity index is 166. The summed E-state index contributed by atoms with van der Waals surface area (Å²) in [4.78, 5) is 0. The molecule has 1 heteroatoms. The summed E-state index contributed by atoms with van der Waals surface area (Å²) < 4.78 is 0. The van der Waals surface area contributed by atoms with Crippen molar-refractivity contribution in [3.05, 3.63) is 0 Å². The molecule has 3 atom stereocenters. The van der Waals surface area contributed by atoms with Crippen LogP contribution in [-0.2, 0) is 0 Å². The van der Waals surface area contributed by atoms with Gasteiger partial charge in [0.05, 0.1) is 6.10 Å². The molecule has 0 aliphatic rings. The predicted molar refractivity (Wildman–Crippen MR) is 86.4 cm³/mol. The van der Waals surface area contributed by atoms with Crippen molar-refractivity contribution in [1.29, 1.82) is 0 Å². The van der Waals surface area contributed by atoms with Crippen LogP contribution in [-0.4, -0.2) is 11.2 Å². The van der Waals surface area contributed by atoms with Crippen LogP contribution in [0.4, 0.5) is 0 Å². The first-order chi connectivity index (χ1) is 8.91. The molecule has 0 spiro atoms. The molecule has 0 radical (unpaired) electrons. The Kier molecular flexibility index (Phi) is 11.7. The summed E-state index contributed by atoms with van der Waals surface area (Å²) in [5.41, 5.74) is 0. The maximum atomic E-state index is 9.24. The van der Waals surface area contributed by atoms with Gasteiger partial charge < -0.3 is 5.11 Å². The fourth-order valence-corrected chi connectivity index (χ4v) is 2.74. The molecule has 0 aromatic carbocycles. The third-order valence-corrected chi connectivity index (χ3v) is 4.19. The largest absolute Gasteiger partial charge is 0.393 e. The first kappa shape index (κ1) is 19.0. The van der Waals surface area contributed by atoms with Crippen molar-refractivity contribution < 1.29 is 5.11 Å². The van der Waals surface area contributed by atoms with Gasteiger partial charge in [0.1, 0.15) is 0 Å². The molecule has 1 unspecified atom stereocenters. The standard InChI is InChI=1S/C18H38O/c1-15(2)9-6-10-16(3)11-7-12-17(4)13-8-14-18(5)19/h15-19H,6-14H2,1-5H3/t16?,17-,18-/m1/s1. The van der Waals surface area contributed by atoms with E-state index in [4.69, 9.17) is 0 Å². The first-order valence-electron chi connectivity index (χ1n) is 8.59. The fraction of sp³-hybridized carbons (Fsp3) is 1.00. The van der Waals surface area contributed by atoms with Crippen molar-refractivity contribution >= 4 is 0 Å². The van der Waals surface area contributed by atoms with Crippen LogP contribution in [0.15, 0.2) is 0 Å². The summed E-state index contributed by atoms with van der Waals surface area (Å²) in [6, 6.07) is 0. The molecule has 0 aliphatic carbocycles. The zero-order valence-corrected chi connectivity index (χ0v) is 14.1. The Morgan fingerprint density at radius 3 is 1.32 bits per heavy atom. The van der Waals surface area contributed by atoms with Crippen LogP contribution in [0.2, 0.25) is 0 Å². The van der Waals surface area contributed by atoms with Gasteiger partial charge in [0.25, 0.3) is 0 Å². The van der Waals surface area contributed by atoms with Gasteiger partial charge in [-0.1, -0.05) is 79.1 Å². The SMILES string of the molecule is CC(C)CCCC(C)CCC[C@@H](C)CCC[C@@H](C)O. The zero-order chi connectivity index (χ0) is 14.7. The van der Waals surface area contributed by atoms with Gasteiger partial charge in [-0.15, -0.1) is 0 Å². The third kappa shape index (κ3) is 14.2. The average molecular weight is 271 g/mol. The number of rotatable bonds is 12. The highest BCUT2D eigenvalue weighted by atomic mass is 16.3. The Labute approximate surface area is 122 Å². The molecule has 0 fully saturated rings. The van der Waals surface area contributed by atoms with Crippen molar-refractivity contribution in [2.45, 2.75) is 98.5 Å². The van der Waals surface area contributed by atoms with Crippen LogP contribution in [0, 0.1) is 17.8 Å². The van der Waals surface area contributed by atoms with Crippen LogP contribution >= 0.6 is 0 Å². The zero-order valence-electron chi connectivity index (χ0n) is 14.1. The monoisotopic (exact) mass is 270 g/mol. The maximum absolute atomic E-state index is 9.24. The van der Waals surface area contributed by atoms with E-state index in [2.05, 4.69) is 27.7 Å². The summed E-state index contributed by atoms with van der Waals surface area (Å²) in [5.74, 6) is 2.60. The molecule has 0 heterocycles. The minimum Gasteiger partial charge on any atom is -0.393 e. The quantitative estimate of drug-likeness (QED) is 0.474. The Balaban J connectivity index is 3.40. The number of aliphatic hydroxyl groups excluding tert-OH is 1. The average Bonchev–Trinajstić information content (AvgIpc) is 2.27. The smallest absolute Gasteiger partial charge is 0.0512 e. The van der Waals surface area contributed by atoms with E-state index in [1.54, 1.807) is 0 Å². The van der Waals surface area contributed by atoms with E-state index < -0.39 is 0 Å². The Morgan fingerprint density at radius 2 is 0.947 bits per heavy atom. The molecular formula is C18H38O. The lowest BCUT2D eigenvalue weighted by molar-refractivity contribution is 0.178. The second-order valence-electron chi connectivity index (χ2n) is 7.25. The molecule has 0 saturated heterocycles. The molecular weight excluding hydrogens is 232 g/mol. The van der Waals surface area contributed by atoms with E-state index in [0.29, 0.717) is 0 Å². The molecule has 0 aromatic heterocycles. The molecule has 0 amide bonds. The molecule has 0 rings (SSSR count). The van der Waals surface area contributed by atoms with E-state index in [0.717, 1.165) is 24.2 Å². The third-order valence-electron chi connectivity index (χ3n) is 4.19. The van der Waals surface area contributed by atoms with E-state index >= 15 is 0 Å². The number of hydrogen-bond donors (Lipinski definition) is 1. The van der Waals surface area contributed by atoms with Crippen LogP contribution < -0.4 is 0 Å². The van der Waals surface area contributed by atoms with Gasteiger partial charge >= 0.3 is 0 Å². The lowest BCUT2D eigenvalue weighted by atomic mass is 9.92. The van der Waals surface area contributed by atoms with Crippen molar-refractivity contribution in [3.8, 4) is 0 Å². The minimum atomic E-state index is -0.117. The van der Waals surface area contributed by atoms with Crippen LogP contribution in [0.1, 0.15) is 92.4 Å². The second kappa shape index (κ2) is 11.8. The molecule has 0 aromatic rings. The van der Waals surface area contributed by atoms with Gasteiger partial charge in [-0.3, -0.25) is 0 Å².